The minimum atomic E-state index is -4.55. The van der Waals surface area contributed by atoms with Gasteiger partial charge < -0.3 is 28.8 Å². The van der Waals surface area contributed by atoms with Gasteiger partial charge in [-0.05, 0) is 12.8 Å². The maximum absolute atomic E-state index is 12.8. The van der Waals surface area contributed by atoms with E-state index in [1.54, 1.807) is 0 Å². The molecule has 3 unspecified atom stereocenters. The van der Waals surface area contributed by atoms with E-state index in [4.69, 9.17) is 9.05 Å². The molecule has 9 heteroatoms. The molecule has 0 aromatic carbocycles. The Balaban J connectivity index is 3.86. The van der Waals surface area contributed by atoms with Crippen LogP contribution in [0.4, 0.5) is 0 Å². The third kappa shape index (κ3) is 41.7. The standard InChI is InChI=1S/C47H97N2O6P/c1-6-8-10-12-14-15-16-17-18-19-20-21-22-23-24-25-26-27-28-29-30-31-32-33-34-35-37-39-41-47(51)48-45(46(50)40-38-36-13-11-9-7-2)44-55-56(52,53)54-43-42-49(3,4)5/h45-46,50H,6-44H2,1-5H3,(H-,48,51,52,53). The minimum Gasteiger partial charge on any atom is -0.756 e. The first-order chi connectivity index (χ1) is 27.0. The molecule has 0 saturated carbocycles. The first-order valence-electron chi connectivity index (χ1n) is 24.4. The molecule has 3 atom stereocenters. The molecule has 0 saturated heterocycles. The molecule has 0 aliphatic heterocycles. The molecule has 0 bridgehead atoms. The predicted molar refractivity (Wildman–Crippen MR) is 238 cm³/mol. The van der Waals surface area contributed by atoms with Crippen molar-refractivity contribution in [2.24, 2.45) is 0 Å². The zero-order valence-corrected chi connectivity index (χ0v) is 39.0. The van der Waals surface area contributed by atoms with Crippen molar-refractivity contribution in [3.8, 4) is 0 Å². The number of rotatable bonds is 45. The lowest BCUT2D eigenvalue weighted by Gasteiger charge is -2.30. The number of nitrogens with one attached hydrogen (secondary N) is 1. The number of carbonyl (C=O) groups excluding carboxylic acids is 1. The summed E-state index contributed by atoms with van der Waals surface area (Å²) in [5.74, 6) is -0.165. The second kappa shape index (κ2) is 39.9. The maximum atomic E-state index is 12.8. The molecule has 0 fully saturated rings. The lowest BCUT2D eigenvalue weighted by Crippen LogP contribution is -2.46. The van der Waals surface area contributed by atoms with Crippen LogP contribution in [0.1, 0.15) is 245 Å². The van der Waals surface area contributed by atoms with Gasteiger partial charge in [0.1, 0.15) is 13.2 Å². The average molecular weight is 817 g/mol. The fourth-order valence-electron chi connectivity index (χ4n) is 7.45. The second-order valence-corrected chi connectivity index (χ2v) is 19.6. The van der Waals surface area contributed by atoms with Crippen molar-refractivity contribution >= 4 is 13.7 Å². The SMILES string of the molecule is CCCCCCCCCCCCCCCCCCCCCCCCCCCCCCC(=O)NC(COP(=O)([O-])OCC[N+](C)(C)C)C(O)CCCCCCCC. The van der Waals surface area contributed by atoms with E-state index in [9.17, 15) is 19.4 Å². The molecule has 2 N–H and O–H groups in total. The van der Waals surface area contributed by atoms with Crippen LogP contribution in [0.3, 0.4) is 0 Å². The molecule has 56 heavy (non-hydrogen) atoms. The number of aliphatic hydroxyl groups excluding tert-OH is 1. The Bertz CT molecular complexity index is 885. The highest BCUT2D eigenvalue weighted by Crippen LogP contribution is 2.38. The van der Waals surface area contributed by atoms with Crippen molar-refractivity contribution < 1.29 is 32.9 Å². The molecule has 0 rings (SSSR count). The molecule has 336 valence electrons. The molecule has 0 aliphatic carbocycles. The summed E-state index contributed by atoms with van der Waals surface area (Å²) in [5.41, 5.74) is 0. The minimum absolute atomic E-state index is 0.0151. The van der Waals surface area contributed by atoms with E-state index in [0.717, 1.165) is 38.5 Å². The quantitative estimate of drug-likeness (QED) is 0.0360. The van der Waals surface area contributed by atoms with Gasteiger partial charge in [0.2, 0.25) is 5.91 Å². The Labute approximate surface area is 349 Å². The monoisotopic (exact) mass is 817 g/mol. The lowest BCUT2D eigenvalue weighted by atomic mass is 10.0. The summed E-state index contributed by atoms with van der Waals surface area (Å²) in [4.78, 5) is 25.2. The summed E-state index contributed by atoms with van der Waals surface area (Å²) in [6.45, 7) is 4.68. The van der Waals surface area contributed by atoms with Crippen LogP contribution in [0.15, 0.2) is 0 Å². The summed E-state index contributed by atoms with van der Waals surface area (Å²) in [6.07, 6.45) is 44.5. The molecule has 8 nitrogen and oxygen atoms in total. The van der Waals surface area contributed by atoms with Gasteiger partial charge in [-0.25, -0.2) is 0 Å². The number of phosphoric acid groups is 1. The summed E-state index contributed by atoms with van der Waals surface area (Å²) in [6, 6.07) is -0.791. The highest BCUT2D eigenvalue weighted by molar-refractivity contribution is 7.45. The van der Waals surface area contributed by atoms with Gasteiger partial charge >= 0.3 is 0 Å². The summed E-state index contributed by atoms with van der Waals surface area (Å²) < 4.78 is 23.1. The van der Waals surface area contributed by atoms with E-state index < -0.39 is 20.0 Å². The van der Waals surface area contributed by atoms with E-state index >= 15 is 0 Å². The van der Waals surface area contributed by atoms with Crippen LogP contribution in [0, 0.1) is 0 Å². The van der Waals surface area contributed by atoms with Gasteiger partial charge in [0, 0.05) is 6.42 Å². The molecule has 1 amide bonds. The van der Waals surface area contributed by atoms with Crippen LogP contribution >= 0.6 is 7.82 Å². The van der Waals surface area contributed by atoms with Crippen molar-refractivity contribution in [1.82, 2.24) is 5.32 Å². The number of hydrogen-bond donors (Lipinski definition) is 2. The topological polar surface area (TPSA) is 108 Å². The number of aliphatic hydroxyl groups is 1. The van der Waals surface area contributed by atoms with Gasteiger partial charge in [-0.15, -0.1) is 0 Å². The van der Waals surface area contributed by atoms with Crippen molar-refractivity contribution in [1.29, 1.82) is 0 Å². The zero-order chi connectivity index (χ0) is 41.4. The van der Waals surface area contributed by atoms with Gasteiger partial charge in [0.25, 0.3) is 7.82 Å². The van der Waals surface area contributed by atoms with Gasteiger partial charge in [-0.1, -0.05) is 226 Å². The van der Waals surface area contributed by atoms with E-state index in [1.165, 1.54) is 180 Å². The Morgan fingerprint density at radius 2 is 0.875 bits per heavy atom. The van der Waals surface area contributed by atoms with Crippen LogP contribution < -0.4 is 10.2 Å². The molecular weight excluding hydrogens is 719 g/mol. The predicted octanol–water partition coefficient (Wildman–Crippen LogP) is 13.1. The van der Waals surface area contributed by atoms with E-state index in [-0.39, 0.29) is 19.1 Å². The van der Waals surface area contributed by atoms with E-state index in [1.807, 2.05) is 21.1 Å². The summed E-state index contributed by atoms with van der Waals surface area (Å²) in [5, 5.41) is 13.8. The van der Waals surface area contributed by atoms with E-state index in [2.05, 4.69) is 19.2 Å². The smallest absolute Gasteiger partial charge is 0.268 e. The Kier molecular flexibility index (Phi) is 39.6. The summed E-state index contributed by atoms with van der Waals surface area (Å²) >= 11 is 0. The van der Waals surface area contributed by atoms with Crippen LogP contribution in [0.2, 0.25) is 0 Å². The molecule has 0 heterocycles. The first kappa shape index (κ1) is 55.5. The van der Waals surface area contributed by atoms with Crippen molar-refractivity contribution in [2.45, 2.75) is 257 Å². The second-order valence-electron chi connectivity index (χ2n) is 18.2. The number of amides is 1. The van der Waals surface area contributed by atoms with Crippen LogP contribution in [0.25, 0.3) is 0 Å². The van der Waals surface area contributed by atoms with Crippen LogP contribution in [-0.2, 0) is 18.4 Å². The van der Waals surface area contributed by atoms with E-state index in [0.29, 0.717) is 23.9 Å². The molecule has 0 aliphatic rings. The zero-order valence-electron chi connectivity index (χ0n) is 38.1. The number of nitrogens with zero attached hydrogens (tertiary/aromatic N) is 1. The van der Waals surface area contributed by atoms with Crippen LogP contribution in [0.5, 0.6) is 0 Å². The lowest BCUT2D eigenvalue weighted by molar-refractivity contribution is -0.870. The van der Waals surface area contributed by atoms with Crippen molar-refractivity contribution in [3.05, 3.63) is 0 Å². The van der Waals surface area contributed by atoms with Gasteiger partial charge in [-0.3, -0.25) is 9.36 Å². The van der Waals surface area contributed by atoms with Crippen LogP contribution in [-0.4, -0.2) is 68.5 Å². The highest BCUT2D eigenvalue weighted by Gasteiger charge is 2.24. The number of unbranched alkanes of at least 4 members (excludes halogenated alkanes) is 32. The number of carbonyl (C=O) groups is 1. The largest absolute Gasteiger partial charge is 0.756 e. The first-order valence-corrected chi connectivity index (χ1v) is 25.8. The van der Waals surface area contributed by atoms with Gasteiger partial charge in [0.15, 0.2) is 0 Å². The fourth-order valence-corrected chi connectivity index (χ4v) is 8.18. The third-order valence-corrected chi connectivity index (χ3v) is 12.3. The van der Waals surface area contributed by atoms with Crippen molar-refractivity contribution in [3.63, 3.8) is 0 Å². The Hall–Kier alpha value is -0.500. The Morgan fingerprint density at radius 3 is 1.21 bits per heavy atom. The summed E-state index contributed by atoms with van der Waals surface area (Å²) in [7, 11) is 1.31. The van der Waals surface area contributed by atoms with Crippen molar-refractivity contribution in [2.75, 3.05) is 40.9 Å². The third-order valence-electron chi connectivity index (χ3n) is 11.3. The molecule has 0 radical (unpaired) electrons. The molecule has 0 aromatic rings. The Morgan fingerprint density at radius 1 is 0.554 bits per heavy atom. The molecule has 0 spiro atoms. The van der Waals surface area contributed by atoms with Gasteiger partial charge in [-0.2, -0.15) is 0 Å². The number of phosphoric ester groups is 1. The maximum Gasteiger partial charge on any atom is 0.268 e. The van der Waals surface area contributed by atoms with Gasteiger partial charge in [0.05, 0.1) is 39.9 Å². The molecular formula is C47H97N2O6P. The average Bonchev–Trinajstić information content (AvgIpc) is 3.15. The molecule has 0 aromatic heterocycles. The highest BCUT2D eigenvalue weighted by atomic mass is 31.2. The fraction of sp³-hybridized carbons (Fsp3) is 0.979. The normalized spacial score (nSPS) is 14.2. The number of hydrogen-bond acceptors (Lipinski definition) is 6. The number of quaternary nitrogens is 1. The number of likely N-dealkylation sites (N-methyl/N-ethyl adjacent to an activating group) is 1.